The summed E-state index contributed by atoms with van der Waals surface area (Å²) in [5, 5.41) is 2.92. The normalized spacial score (nSPS) is 10.4. The molecule has 0 saturated carbocycles. The van der Waals surface area contributed by atoms with Gasteiger partial charge in [-0.15, -0.1) is 11.8 Å². The van der Waals surface area contributed by atoms with Crippen molar-refractivity contribution in [1.29, 1.82) is 0 Å². The number of anilines is 1. The van der Waals surface area contributed by atoms with Gasteiger partial charge < -0.3 is 10.1 Å². The van der Waals surface area contributed by atoms with E-state index in [4.69, 9.17) is 4.74 Å². The fourth-order valence-electron chi connectivity index (χ4n) is 2.55. The van der Waals surface area contributed by atoms with Crippen LogP contribution < -0.4 is 10.1 Å². The van der Waals surface area contributed by atoms with Gasteiger partial charge in [0.15, 0.2) is 0 Å². The molecule has 0 bridgehead atoms. The average Bonchev–Trinajstić information content (AvgIpc) is 2.68. The fourth-order valence-corrected chi connectivity index (χ4v) is 3.43. The number of nitrogens with one attached hydrogen (secondary N) is 1. The van der Waals surface area contributed by atoms with E-state index in [1.54, 1.807) is 24.9 Å². The number of methoxy groups -OCH3 is 1. The molecule has 3 aromatic rings. The minimum Gasteiger partial charge on any atom is -0.496 e. The van der Waals surface area contributed by atoms with Crippen LogP contribution in [0.5, 0.6) is 5.75 Å². The maximum absolute atomic E-state index is 12.5. The van der Waals surface area contributed by atoms with Gasteiger partial charge in [0.1, 0.15) is 5.75 Å². The quantitative estimate of drug-likeness (QED) is 0.584. The van der Waals surface area contributed by atoms with Gasteiger partial charge in [-0.25, -0.2) is 0 Å². The first kappa shape index (κ1) is 18.1. The van der Waals surface area contributed by atoms with Crippen molar-refractivity contribution in [2.45, 2.75) is 17.6 Å². The summed E-state index contributed by atoms with van der Waals surface area (Å²) in [5.41, 5.74) is 3.64. The van der Waals surface area contributed by atoms with Gasteiger partial charge in [-0.3, -0.25) is 4.79 Å². The summed E-state index contributed by atoms with van der Waals surface area (Å²) in [6.07, 6.45) is 0. The standard InChI is InChI=1S/C22H21NO2S/c1-16-8-11-20(12-9-16)26-15-18-14-17(10-13-21(18)25-2)22(24)23-19-6-4-3-5-7-19/h3-14H,15H2,1-2H3,(H,23,24). The molecule has 3 rings (SSSR count). The van der Waals surface area contributed by atoms with Gasteiger partial charge >= 0.3 is 0 Å². The zero-order valence-electron chi connectivity index (χ0n) is 14.9. The van der Waals surface area contributed by atoms with E-state index >= 15 is 0 Å². The molecule has 1 N–H and O–H groups in total. The number of aryl methyl sites for hydroxylation is 1. The Balaban J connectivity index is 1.75. The molecule has 0 aromatic heterocycles. The fraction of sp³-hybridized carbons (Fsp3) is 0.136. The Labute approximate surface area is 158 Å². The van der Waals surface area contributed by atoms with Crippen molar-refractivity contribution in [3.05, 3.63) is 89.5 Å². The predicted molar refractivity (Wildman–Crippen MR) is 108 cm³/mol. The third-order valence-electron chi connectivity index (χ3n) is 3.99. The number of amides is 1. The number of para-hydroxylation sites is 1. The van der Waals surface area contributed by atoms with E-state index in [1.807, 2.05) is 42.5 Å². The van der Waals surface area contributed by atoms with Crippen LogP contribution in [0.15, 0.2) is 77.7 Å². The van der Waals surface area contributed by atoms with Crippen molar-refractivity contribution in [2.75, 3.05) is 12.4 Å². The van der Waals surface area contributed by atoms with Gasteiger partial charge in [-0.05, 0) is 49.4 Å². The minimum atomic E-state index is -0.125. The molecule has 0 heterocycles. The molecule has 0 saturated heterocycles. The Morgan fingerprint density at radius 2 is 1.73 bits per heavy atom. The summed E-state index contributed by atoms with van der Waals surface area (Å²) in [5.74, 6) is 1.40. The zero-order valence-corrected chi connectivity index (χ0v) is 15.7. The van der Waals surface area contributed by atoms with Crippen molar-refractivity contribution in [2.24, 2.45) is 0 Å². The van der Waals surface area contributed by atoms with E-state index in [1.165, 1.54) is 10.5 Å². The number of ether oxygens (including phenoxy) is 1. The SMILES string of the molecule is COc1ccc(C(=O)Nc2ccccc2)cc1CSc1ccc(C)cc1. The molecule has 26 heavy (non-hydrogen) atoms. The predicted octanol–water partition coefficient (Wildman–Crippen LogP) is 5.55. The van der Waals surface area contributed by atoms with Crippen molar-refractivity contribution in [3.8, 4) is 5.75 Å². The Kier molecular flexibility index (Phi) is 5.97. The number of carbonyl (C=O) groups is 1. The lowest BCUT2D eigenvalue weighted by Crippen LogP contribution is -2.12. The number of hydrogen-bond acceptors (Lipinski definition) is 3. The summed E-state index contributed by atoms with van der Waals surface area (Å²) >= 11 is 1.72. The maximum atomic E-state index is 12.5. The summed E-state index contributed by atoms with van der Waals surface area (Å²) in [4.78, 5) is 13.7. The lowest BCUT2D eigenvalue weighted by Gasteiger charge is -2.11. The maximum Gasteiger partial charge on any atom is 0.255 e. The molecule has 1 amide bonds. The monoisotopic (exact) mass is 363 g/mol. The molecule has 0 spiro atoms. The molecule has 0 unspecified atom stereocenters. The smallest absolute Gasteiger partial charge is 0.255 e. The minimum absolute atomic E-state index is 0.125. The molecule has 0 radical (unpaired) electrons. The van der Waals surface area contributed by atoms with Crippen LogP contribution in [0.4, 0.5) is 5.69 Å². The second-order valence-corrected chi connectivity index (χ2v) is 7.00. The summed E-state index contributed by atoms with van der Waals surface area (Å²) < 4.78 is 5.46. The first-order valence-electron chi connectivity index (χ1n) is 8.38. The van der Waals surface area contributed by atoms with Gasteiger partial charge in [-0.2, -0.15) is 0 Å². The Bertz CT molecular complexity index is 876. The largest absolute Gasteiger partial charge is 0.496 e. The zero-order chi connectivity index (χ0) is 18.4. The molecule has 0 aliphatic heterocycles. The molecule has 0 atom stereocenters. The van der Waals surface area contributed by atoms with Gasteiger partial charge in [0.2, 0.25) is 0 Å². The molecule has 3 nitrogen and oxygen atoms in total. The molecular weight excluding hydrogens is 342 g/mol. The van der Waals surface area contributed by atoms with Crippen LogP contribution in [-0.4, -0.2) is 13.0 Å². The van der Waals surface area contributed by atoms with Crippen LogP contribution in [0.3, 0.4) is 0 Å². The molecule has 4 heteroatoms. The first-order chi connectivity index (χ1) is 12.7. The van der Waals surface area contributed by atoms with Crippen molar-refractivity contribution >= 4 is 23.4 Å². The topological polar surface area (TPSA) is 38.3 Å². The number of hydrogen-bond donors (Lipinski definition) is 1. The molecule has 0 aliphatic rings. The van der Waals surface area contributed by atoms with Gasteiger partial charge in [-0.1, -0.05) is 35.9 Å². The molecule has 0 aliphatic carbocycles. The first-order valence-corrected chi connectivity index (χ1v) is 9.37. The molecular formula is C22H21NO2S. The molecule has 3 aromatic carbocycles. The molecule has 132 valence electrons. The number of thioether (sulfide) groups is 1. The van der Waals surface area contributed by atoms with E-state index in [-0.39, 0.29) is 5.91 Å². The van der Waals surface area contributed by atoms with E-state index in [0.29, 0.717) is 5.56 Å². The van der Waals surface area contributed by atoms with Crippen molar-refractivity contribution < 1.29 is 9.53 Å². The Hall–Kier alpha value is -2.72. The highest BCUT2D eigenvalue weighted by atomic mass is 32.2. The van der Waals surface area contributed by atoms with Crippen LogP contribution in [0.1, 0.15) is 21.5 Å². The Morgan fingerprint density at radius 1 is 1.00 bits per heavy atom. The summed E-state index contributed by atoms with van der Waals surface area (Å²) in [6, 6.07) is 23.4. The number of benzene rings is 3. The summed E-state index contributed by atoms with van der Waals surface area (Å²) in [7, 11) is 1.65. The van der Waals surface area contributed by atoms with Crippen molar-refractivity contribution in [3.63, 3.8) is 0 Å². The van der Waals surface area contributed by atoms with Crippen LogP contribution >= 0.6 is 11.8 Å². The van der Waals surface area contributed by atoms with Crippen LogP contribution in [0.25, 0.3) is 0 Å². The van der Waals surface area contributed by atoms with E-state index in [9.17, 15) is 4.79 Å². The van der Waals surface area contributed by atoms with E-state index < -0.39 is 0 Å². The third kappa shape index (κ3) is 4.67. The average molecular weight is 363 g/mol. The lowest BCUT2D eigenvalue weighted by molar-refractivity contribution is 0.102. The van der Waals surface area contributed by atoms with Crippen LogP contribution in [-0.2, 0) is 5.75 Å². The lowest BCUT2D eigenvalue weighted by atomic mass is 10.1. The third-order valence-corrected chi connectivity index (χ3v) is 5.05. The van der Waals surface area contributed by atoms with Crippen molar-refractivity contribution in [1.82, 2.24) is 0 Å². The number of carbonyl (C=O) groups excluding carboxylic acids is 1. The highest BCUT2D eigenvalue weighted by molar-refractivity contribution is 7.98. The molecule has 0 fully saturated rings. The Morgan fingerprint density at radius 3 is 2.42 bits per heavy atom. The van der Waals surface area contributed by atoms with Gasteiger partial charge in [0.05, 0.1) is 7.11 Å². The van der Waals surface area contributed by atoms with Crippen LogP contribution in [0, 0.1) is 6.92 Å². The second-order valence-electron chi connectivity index (χ2n) is 5.95. The number of rotatable bonds is 6. The highest BCUT2D eigenvalue weighted by Crippen LogP contribution is 2.29. The highest BCUT2D eigenvalue weighted by Gasteiger charge is 2.11. The summed E-state index contributed by atoms with van der Waals surface area (Å²) in [6.45, 7) is 2.08. The second kappa shape index (κ2) is 8.59. The van der Waals surface area contributed by atoms with Crippen LogP contribution in [0.2, 0.25) is 0 Å². The van der Waals surface area contributed by atoms with Gasteiger partial charge in [0.25, 0.3) is 5.91 Å². The van der Waals surface area contributed by atoms with E-state index in [2.05, 4.69) is 36.5 Å². The van der Waals surface area contributed by atoms with Gasteiger partial charge in [0, 0.05) is 27.5 Å². The van der Waals surface area contributed by atoms with E-state index in [0.717, 1.165) is 22.8 Å².